The number of fused-ring (bicyclic) bond motifs is 1. The summed E-state index contributed by atoms with van der Waals surface area (Å²) in [4.78, 5) is 0. The lowest BCUT2D eigenvalue weighted by molar-refractivity contribution is 0.556. The molecule has 2 aromatic rings. The maximum Gasteiger partial charge on any atom is 0.0364 e. The quantitative estimate of drug-likeness (QED) is 0.893. The van der Waals surface area contributed by atoms with E-state index in [1.165, 1.54) is 36.9 Å². The lowest BCUT2D eigenvalue weighted by atomic mass is 9.89. The summed E-state index contributed by atoms with van der Waals surface area (Å²) >= 11 is 0. The zero-order valence-electron chi connectivity index (χ0n) is 12.5. The molecule has 1 atom stereocenters. The van der Waals surface area contributed by atoms with Crippen LogP contribution in [0.25, 0.3) is 0 Å². The summed E-state index contributed by atoms with van der Waals surface area (Å²) in [6.07, 6.45) is 7.32. The van der Waals surface area contributed by atoms with Crippen LogP contribution in [0, 0.1) is 0 Å². The number of benzene rings is 1. The molecule has 1 aromatic heterocycles. The third-order valence-electron chi connectivity index (χ3n) is 4.51. The van der Waals surface area contributed by atoms with Crippen molar-refractivity contribution in [2.75, 3.05) is 0 Å². The Hall–Kier alpha value is -1.54. The fourth-order valence-corrected chi connectivity index (χ4v) is 3.08. The largest absolute Gasteiger partial charge is 0.353 e. The Kier molecular flexibility index (Phi) is 3.93. The van der Waals surface area contributed by atoms with Crippen LogP contribution >= 0.6 is 0 Å². The SMILES string of the molecule is CC(NCc1cccn1C)c1ccc2c(c1)CCCC2. The van der Waals surface area contributed by atoms with Gasteiger partial charge in [0, 0.05) is 31.5 Å². The van der Waals surface area contributed by atoms with Gasteiger partial charge in [0.25, 0.3) is 0 Å². The van der Waals surface area contributed by atoms with Crippen LogP contribution in [-0.4, -0.2) is 4.57 Å². The minimum Gasteiger partial charge on any atom is -0.353 e. The highest BCUT2D eigenvalue weighted by Crippen LogP contribution is 2.24. The molecule has 106 valence electrons. The third kappa shape index (κ3) is 2.80. The van der Waals surface area contributed by atoms with Gasteiger partial charge in [0.1, 0.15) is 0 Å². The molecule has 0 aliphatic heterocycles. The van der Waals surface area contributed by atoms with Crippen molar-refractivity contribution >= 4 is 0 Å². The molecule has 3 rings (SSSR count). The molecule has 0 saturated carbocycles. The van der Waals surface area contributed by atoms with Gasteiger partial charge in [-0.05, 0) is 61.4 Å². The van der Waals surface area contributed by atoms with E-state index >= 15 is 0 Å². The van der Waals surface area contributed by atoms with Crippen LogP contribution < -0.4 is 5.32 Å². The van der Waals surface area contributed by atoms with Crippen LogP contribution in [0.1, 0.15) is 48.2 Å². The molecule has 0 radical (unpaired) electrons. The van der Waals surface area contributed by atoms with Crippen molar-refractivity contribution in [2.24, 2.45) is 7.05 Å². The van der Waals surface area contributed by atoms with E-state index in [0.717, 1.165) is 6.54 Å². The smallest absolute Gasteiger partial charge is 0.0364 e. The number of aryl methyl sites for hydroxylation is 3. The van der Waals surface area contributed by atoms with Crippen LogP contribution in [-0.2, 0) is 26.4 Å². The van der Waals surface area contributed by atoms with E-state index in [4.69, 9.17) is 0 Å². The zero-order chi connectivity index (χ0) is 13.9. The first-order valence-electron chi connectivity index (χ1n) is 7.69. The van der Waals surface area contributed by atoms with Gasteiger partial charge in [-0.2, -0.15) is 0 Å². The van der Waals surface area contributed by atoms with E-state index < -0.39 is 0 Å². The monoisotopic (exact) mass is 268 g/mol. The van der Waals surface area contributed by atoms with Crippen molar-refractivity contribution in [2.45, 2.75) is 45.2 Å². The van der Waals surface area contributed by atoms with Gasteiger partial charge in [0.15, 0.2) is 0 Å². The van der Waals surface area contributed by atoms with Gasteiger partial charge < -0.3 is 9.88 Å². The molecule has 1 heterocycles. The van der Waals surface area contributed by atoms with Crippen molar-refractivity contribution in [1.82, 2.24) is 9.88 Å². The van der Waals surface area contributed by atoms with Crippen molar-refractivity contribution in [3.8, 4) is 0 Å². The molecule has 0 bridgehead atoms. The first kappa shape index (κ1) is 13.4. The zero-order valence-corrected chi connectivity index (χ0v) is 12.5. The van der Waals surface area contributed by atoms with Crippen molar-refractivity contribution < 1.29 is 0 Å². The Morgan fingerprint density at radius 1 is 1.15 bits per heavy atom. The summed E-state index contributed by atoms with van der Waals surface area (Å²) < 4.78 is 2.17. The second-order valence-corrected chi connectivity index (χ2v) is 5.95. The minimum absolute atomic E-state index is 0.400. The highest BCUT2D eigenvalue weighted by atomic mass is 15.0. The standard InChI is InChI=1S/C18H24N2/c1-14(19-13-18-8-5-11-20(18)2)16-10-9-15-6-3-4-7-17(15)12-16/h5,8-12,14,19H,3-4,6-7,13H2,1-2H3. The lowest BCUT2D eigenvalue weighted by Crippen LogP contribution is -2.20. The average Bonchev–Trinajstić information content (AvgIpc) is 2.89. The molecule has 0 spiro atoms. The van der Waals surface area contributed by atoms with Crippen LogP contribution in [0.3, 0.4) is 0 Å². The van der Waals surface area contributed by atoms with Crippen LogP contribution in [0.15, 0.2) is 36.5 Å². The number of hydrogen-bond donors (Lipinski definition) is 1. The Balaban J connectivity index is 1.67. The Morgan fingerprint density at radius 2 is 1.95 bits per heavy atom. The molecular formula is C18H24N2. The molecular weight excluding hydrogens is 244 g/mol. The lowest BCUT2D eigenvalue weighted by Gasteiger charge is -2.20. The summed E-state index contributed by atoms with van der Waals surface area (Å²) in [7, 11) is 2.10. The third-order valence-corrected chi connectivity index (χ3v) is 4.51. The molecule has 0 saturated heterocycles. The number of nitrogens with zero attached hydrogens (tertiary/aromatic N) is 1. The summed E-state index contributed by atoms with van der Waals surface area (Å²) in [5, 5.41) is 3.63. The normalized spacial score (nSPS) is 15.9. The van der Waals surface area contributed by atoms with E-state index in [1.807, 2.05) is 0 Å². The molecule has 1 aliphatic carbocycles. The molecule has 0 fully saturated rings. The maximum absolute atomic E-state index is 3.63. The van der Waals surface area contributed by atoms with Gasteiger partial charge in [-0.25, -0.2) is 0 Å². The number of aromatic nitrogens is 1. The molecule has 0 amide bonds. The highest BCUT2D eigenvalue weighted by molar-refractivity contribution is 5.35. The molecule has 1 aromatic carbocycles. The fourth-order valence-electron chi connectivity index (χ4n) is 3.08. The van der Waals surface area contributed by atoms with Crippen LogP contribution in [0.2, 0.25) is 0 Å². The van der Waals surface area contributed by atoms with E-state index in [2.05, 4.69) is 60.4 Å². The molecule has 20 heavy (non-hydrogen) atoms. The van der Waals surface area contributed by atoms with E-state index in [-0.39, 0.29) is 0 Å². The Labute approximate surface area is 121 Å². The van der Waals surface area contributed by atoms with Gasteiger partial charge in [-0.15, -0.1) is 0 Å². The van der Waals surface area contributed by atoms with Gasteiger partial charge in [0.05, 0.1) is 0 Å². The minimum atomic E-state index is 0.400. The predicted molar refractivity (Wildman–Crippen MR) is 83.8 cm³/mol. The summed E-state index contributed by atoms with van der Waals surface area (Å²) in [6, 6.07) is 11.7. The van der Waals surface area contributed by atoms with E-state index in [1.54, 1.807) is 11.1 Å². The fraction of sp³-hybridized carbons (Fsp3) is 0.444. The summed E-state index contributed by atoms with van der Waals surface area (Å²) in [6.45, 7) is 3.18. The molecule has 1 aliphatic rings. The first-order valence-corrected chi connectivity index (χ1v) is 7.69. The van der Waals surface area contributed by atoms with Gasteiger partial charge >= 0.3 is 0 Å². The predicted octanol–water partition coefficient (Wildman–Crippen LogP) is 3.75. The number of hydrogen-bond acceptors (Lipinski definition) is 1. The maximum atomic E-state index is 3.63. The van der Waals surface area contributed by atoms with Crippen molar-refractivity contribution in [3.63, 3.8) is 0 Å². The molecule has 1 N–H and O–H groups in total. The Morgan fingerprint density at radius 3 is 2.70 bits per heavy atom. The molecule has 2 nitrogen and oxygen atoms in total. The van der Waals surface area contributed by atoms with Crippen molar-refractivity contribution in [1.29, 1.82) is 0 Å². The van der Waals surface area contributed by atoms with Gasteiger partial charge in [0.2, 0.25) is 0 Å². The van der Waals surface area contributed by atoms with Gasteiger partial charge in [-0.1, -0.05) is 18.2 Å². The second kappa shape index (κ2) is 5.84. The molecule has 1 unspecified atom stereocenters. The van der Waals surface area contributed by atoms with Crippen molar-refractivity contribution in [3.05, 3.63) is 58.9 Å². The van der Waals surface area contributed by atoms with E-state index in [0.29, 0.717) is 6.04 Å². The van der Waals surface area contributed by atoms with Crippen LogP contribution in [0.5, 0.6) is 0 Å². The summed E-state index contributed by atoms with van der Waals surface area (Å²) in [5.74, 6) is 0. The van der Waals surface area contributed by atoms with Gasteiger partial charge in [-0.3, -0.25) is 0 Å². The first-order chi connectivity index (χ1) is 9.74. The highest BCUT2D eigenvalue weighted by Gasteiger charge is 2.12. The number of rotatable bonds is 4. The number of nitrogens with one attached hydrogen (secondary N) is 1. The second-order valence-electron chi connectivity index (χ2n) is 5.95. The average molecular weight is 268 g/mol. The van der Waals surface area contributed by atoms with E-state index in [9.17, 15) is 0 Å². The van der Waals surface area contributed by atoms with Crippen LogP contribution in [0.4, 0.5) is 0 Å². The Bertz CT molecular complexity index is 583. The summed E-state index contributed by atoms with van der Waals surface area (Å²) in [5.41, 5.74) is 5.88. The topological polar surface area (TPSA) is 17.0 Å². The molecule has 2 heteroatoms.